The molecule has 0 bridgehead atoms. The van der Waals surface area contributed by atoms with Gasteiger partial charge in [0.2, 0.25) is 0 Å². The summed E-state index contributed by atoms with van der Waals surface area (Å²) in [6, 6.07) is 0. The normalized spacial score (nSPS) is 10.6. The van der Waals surface area contributed by atoms with E-state index in [0.717, 1.165) is 25.7 Å². The van der Waals surface area contributed by atoms with Gasteiger partial charge in [-0.05, 0) is 12.8 Å². The van der Waals surface area contributed by atoms with Gasteiger partial charge in [-0.1, -0.05) is 187 Å². The monoisotopic (exact) mass is 550 g/mol. The van der Waals surface area contributed by atoms with Crippen molar-refractivity contribution in [2.24, 2.45) is 0 Å². The van der Waals surface area contributed by atoms with Gasteiger partial charge >= 0.3 is 37.7 Å². The predicted octanol–water partition coefficient (Wildman–Crippen LogP) is 9.05. The van der Waals surface area contributed by atoms with E-state index in [4.69, 9.17) is 0 Å². The fourth-order valence-corrected chi connectivity index (χ4v) is 4.76. The second kappa shape index (κ2) is 41.2. The molecule has 0 aromatic carbocycles. The Kier molecular flexibility index (Phi) is 46.9. The Morgan fingerprint density at radius 2 is 0.622 bits per heavy atom. The van der Waals surface area contributed by atoms with Crippen LogP contribution >= 0.6 is 0 Å². The topological polar surface area (TPSA) is 63.2 Å². The third-order valence-electron chi connectivity index (χ3n) is 7.23. The summed E-state index contributed by atoms with van der Waals surface area (Å²) in [5.74, 6) is -0.905. The number of carboxylic acid groups (broad SMARTS) is 1. The molecule has 0 saturated carbocycles. The maximum atomic E-state index is 10.2. The van der Waals surface area contributed by atoms with Crippen LogP contribution in [0.25, 0.3) is 0 Å². The first-order valence-electron chi connectivity index (χ1n) is 16.5. The minimum Gasteiger partial charge on any atom is -0.854 e. The van der Waals surface area contributed by atoms with Crippen LogP contribution < -0.4 is 10.2 Å². The molecule has 0 aromatic heterocycles. The standard InChI is InChI=1S/C17H35O.C16H32O2.Ca/c1-2-3-4-5-6-7-8-9-10-11-12-13-14-15-16-17-18;1-2-3-4-5-6-7-8-9-10-11-12-13-14-15-16(17)18;/h2-17H2,1H3;2-15H2,1H3,(H,17,18);/q-1;;+2/p-1. The molecular weight excluding hydrogens is 484 g/mol. The fraction of sp³-hybridized carbons (Fsp3) is 0.970. The third kappa shape index (κ3) is 46.9. The Hall–Kier alpha value is 0.690. The summed E-state index contributed by atoms with van der Waals surface area (Å²) in [5, 5.41) is 20.4. The van der Waals surface area contributed by atoms with E-state index >= 15 is 0 Å². The van der Waals surface area contributed by atoms with Gasteiger partial charge in [-0.3, -0.25) is 0 Å². The van der Waals surface area contributed by atoms with Crippen molar-refractivity contribution in [2.45, 2.75) is 200 Å². The zero-order valence-electron chi connectivity index (χ0n) is 25.6. The van der Waals surface area contributed by atoms with E-state index in [9.17, 15) is 15.0 Å². The number of hydrogen-bond acceptors (Lipinski definition) is 3. The number of carbonyl (C=O) groups excluding carboxylic acids is 1. The summed E-state index contributed by atoms with van der Waals surface area (Å²) in [6.45, 7) is 4.66. The van der Waals surface area contributed by atoms with Gasteiger partial charge in [-0.2, -0.15) is 0 Å². The molecule has 0 atom stereocenters. The molecule has 3 nitrogen and oxygen atoms in total. The van der Waals surface area contributed by atoms with Crippen molar-refractivity contribution < 1.29 is 15.0 Å². The van der Waals surface area contributed by atoms with Gasteiger partial charge in [0, 0.05) is 5.97 Å². The van der Waals surface area contributed by atoms with Crippen LogP contribution in [0.3, 0.4) is 0 Å². The Morgan fingerprint density at radius 3 is 0.838 bits per heavy atom. The van der Waals surface area contributed by atoms with Crippen molar-refractivity contribution in [1.29, 1.82) is 0 Å². The van der Waals surface area contributed by atoms with Gasteiger partial charge in [-0.25, -0.2) is 0 Å². The van der Waals surface area contributed by atoms with Gasteiger partial charge in [0.15, 0.2) is 0 Å². The molecule has 0 fully saturated rings. The van der Waals surface area contributed by atoms with E-state index < -0.39 is 5.97 Å². The first-order valence-corrected chi connectivity index (χ1v) is 16.5. The second-order valence-corrected chi connectivity index (χ2v) is 11.0. The quantitative estimate of drug-likeness (QED) is 0.0689. The van der Waals surface area contributed by atoms with E-state index in [1.54, 1.807) is 0 Å². The first kappa shape index (κ1) is 42.2. The summed E-state index contributed by atoms with van der Waals surface area (Å²) >= 11 is 0. The molecule has 0 aliphatic heterocycles. The molecule has 0 heterocycles. The maximum absolute atomic E-state index is 10.2. The predicted molar refractivity (Wildman–Crippen MR) is 161 cm³/mol. The van der Waals surface area contributed by atoms with Crippen LogP contribution in [-0.4, -0.2) is 50.3 Å². The summed E-state index contributed by atoms with van der Waals surface area (Å²) in [5.41, 5.74) is 0. The number of hydrogen-bond donors (Lipinski definition) is 0. The summed E-state index contributed by atoms with van der Waals surface area (Å²) < 4.78 is 0. The van der Waals surface area contributed by atoms with E-state index in [2.05, 4.69) is 13.8 Å². The SMILES string of the molecule is CCCCCCCCCCCCCCCC(=O)[O-].CCCCCCCCCCCCCCCCC[O-].[Ca+2]. The average molecular weight is 551 g/mol. The molecule has 218 valence electrons. The van der Waals surface area contributed by atoms with Crippen molar-refractivity contribution in [3.63, 3.8) is 0 Å². The molecular formula is C33H66CaO3. The van der Waals surface area contributed by atoms with Crippen LogP contribution in [-0.2, 0) is 4.79 Å². The van der Waals surface area contributed by atoms with Crippen molar-refractivity contribution in [1.82, 2.24) is 0 Å². The molecule has 0 unspecified atom stereocenters. The second-order valence-electron chi connectivity index (χ2n) is 11.0. The number of carbonyl (C=O) groups is 1. The largest absolute Gasteiger partial charge is 2.00 e. The Bertz CT molecular complexity index is 374. The minimum atomic E-state index is -0.905. The molecule has 0 spiro atoms. The Balaban J connectivity index is -0.000000608. The van der Waals surface area contributed by atoms with Crippen LogP contribution in [0.5, 0.6) is 0 Å². The van der Waals surface area contributed by atoms with Crippen molar-refractivity contribution >= 4 is 43.7 Å². The van der Waals surface area contributed by atoms with E-state index in [-0.39, 0.29) is 50.8 Å². The van der Waals surface area contributed by atoms with E-state index in [0.29, 0.717) is 0 Å². The Morgan fingerprint density at radius 1 is 0.405 bits per heavy atom. The van der Waals surface area contributed by atoms with E-state index in [1.165, 1.54) is 154 Å². The molecule has 0 aliphatic carbocycles. The molecule has 0 radical (unpaired) electrons. The summed E-state index contributed by atoms with van der Waals surface area (Å²) in [4.78, 5) is 10.2. The third-order valence-corrected chi connectivity index (χ3v) is 7.23. The average Bonchev–Trinajstić information content (AvgIpc) is 2.87. The van der Waals surface area contributed by atoms with E-state index in [1.807, 2.05) is 0 Å². The van der Waals surface area contributed by atoms with Gasteiger partial charge in [0.05, 0.1) is 0 Å². The van der Waals surface area contributed by atoms with Gasteiger partial charge in [0.1, 0.15) is 0 Å². The van der Waals surface area contributed by atoms with Gasteiger partial charge < -0.3 is 15.0 Å². The maximum Gasteiger partial charge on any atom is 2.00 e. The summed E-state index contributed by atoms with van der Waals surface area (Å²) in [6.07, 6.45) is 37.3. The molecule has 0 amide bonds. The van der Waals surface area contributed by atoms with Crippen LogP contribution in [0.2, 0.25) is 0 Å². The molecule has 4 heteroatoms. The van der Waals surface area contributed by atoms with Gasteiger partial charge in [-0.15, -0.1) is 6.61 Å². The van der Waals surface area contributed by atoms with Crippen molar-refractivity contribution in [3.8, 4) is 0 Å². The van der Waals surface area contributed by atoms with Gasteiger partial charge in [0.25, 0.3) is 0 Å². The molecule has 0 N–H and O–H groups in total. The van der Waals surface area contributed by atoms with Crippen molar-refractivity contribution in [2.75, 3.05) is 6.61 Å². The zero-order chi connectivity index (χ0) is 26.8. The molecule has 0 aliphatic rings. The smallest absolute Gasteiger partial charge is 0.854 e. The minimum absolute atomic E-state index is 0. The number of carboxylic acids is 1. The number of unbranched alkanes of at least 4 members (excludes halogenated alkanes) is 26. The van der Waals surface area contributed by atoms with Crippen LogP contribution in [0.1, 0.15) is 200 Å². The van der Waals surface area contributed by atoms with Crippen LogP contribution in [0, 0.1) is 0 Å². The number of rotatable bonds is 29. The zero-order valence-corrected chi connectivity index (χ0v) is 27.9. The fourth-order valence-electron chi connectivity index (χ4n) is 4.76. The Labute approximate surface area is 263 Å². The van der Waals surface area contributed by atoms with Crippen molar-refractivity contribution in [3.05, 3.63) is 0 Å². The molecule has 0 rings (SSSR count). The van der Waals surface area contributed by atoms with Crippen LogP contribution in [0.15, 0.2) is 0 Å². The molecule has 0 aromatic rings. The molecule has 37 heavy (non-hydrogen) atoms. The molecule has 0 saturated heterocycles. The first-order chi connectivity index (χ1) is 17.7. The number of aliphatic carboxylic acids is 1. The summed E-state index contributed by atoms with van der Waals surface area (Å²) in [7, 11) is 0. The van der Waals surface area contributed by atoms with Crippen LogP contribution in [0.4, 0.5) is 0 Å².